The van der Waals surface area contributed by atoms with E-state index in [2.05, 4.69) is 25.8 Å². The van der Waals surface area contributed by atoms with E-state index in [1.807, 2.05) is 10.6 Å². The third-order valence-electron chi connectivity index (χ3n) is 4.12. The second-order valence-electron chi connectivity index (χ2n) is 5.96. The van der Waals surface area contributed by atoms with Crippen molar-refractivity contribution in [1.29, 1.82) is 0 Å². The quantitative estimate of drug-likeness (QED) is 0.386. The van der Waals surface area contributed by atoms with Crippen molar-refractivity contribution in [1.82, 2.24) is 19.6 Å². The average Bonchev–Trinajstić information content (AvgIpc) is 3.38. The van der Waals surface area contributed by atoms with Gasteiger partial charge in [0.2, 0.25) is 5.65 Å². The summed E-state index contributed by atoms with van der Waals surface area (Å²) in [6, 6.07) is 6.34. The molecule has 0 aliphatic heterocycles. The molecule has 1 saturated carbocycles. The van der Waals surface area contributed by atoms with Gasteiger partial charge in [-0.1, -0.05) is 0 Å². The van der Waals surface area contributed by atoms with E-state index >= 15 is 0 Å². The van der Waals surface area contributed by atoms with Gasteiger partial charge in [0.05, 0.1) is 4.92 Å². The molecule has 0 amide bonds. The highest BCUT2D eigenvalue weighted by Crippen LogP contribution is 2.39. The molecule has 2 heterocycles. The molecule has 1 aliphatic carbocycles. The van der Waals surface area contributed by atoms with Crippen molar-refractivity contribution in [2.45, 2.75) is 18.8 Å². The van der Waals surface area contributed by atoms with E-state index in [4.69, 9.17) is 0 Å². The van der Waals surface area contributed by atoms with E-state index in [-0.39, 0.29) is 5.69 Å². The topological polar surface area (TPSA) is 110 Å². The zero-order valence-electron chi connectivity index (χ0n) is 13.4. The highest BCUT2D eigenvalue weighted by atomic mass is 16.6. The van der Waals surface area contributed by atoms with Gasteiger partial charge in [0.15, 0.2) is 5.82 Å². The minimum absolute atomic E-state index is 0.0813. The van der Waals surface area contributed by atoms with Crippen LogP contribution in [0.1, 0.15) is 24.6 Å². The van der Waals surface area contributed by atoms with Gasteiger partial charge in [0, 0.05) is 49.2 Å². The van der Waals surface area contributed by atoms with Gasteiger partial charge in [-0.3, -0.25) is 14.5 Å². The van der Waals surface area contributed by atoms with E-state index in [9.17, 15) is 10.1 Å². The first-order valence-corrected chi connectivity index (χ1v) is 8.14. The molecule has 0 radical (unpaired) electrons. The average molecular weight is 339 g/mol. The Balaban J connectivity index is 1.35. The van der Waals surface area contributed by atoms with Gasteiger partial charge in [-0.05, 0) is 25.0 Å². The number of nitrogens with zero attached hydrogens (tertiary/aromatic N) is 5. The van der Waals surface area contributed by atoms with Crippen LogP contribution in [0.15, 0.2) is 36.7 Å². The van der Waals surface area contributed by atoms with E-state index in [1.54, 1.807) is 18.3 Å². The number of hydrogen-bond donors (Lipinski definition) is 2. The van der Waals surface area contributed by atoms with Crippen LogP contribution < -0.4 is 10.6 Å². The first-order chi connectivity index (χ1) is 12.2. The van der Waals surface area contributed by atoms with Crippen molar-refractivity contribution < 1.29 is 4.92 Å². The number of nitro groups is 1. The van der Waals surface area contributed by atoms with E-state index < -0.39 is 4.92 Å². The molecule has 1 aromatic carbocycles. The van der Waals surface area contributed by atoms with Crippen molar-refractivity contribution in [3.63, 3.8) is 0 Å². The maximum Gasteiger partial charge on any atom is 0.269 e. The molecule has 1 aliphatic rings. The molecular formula is C16H17N7O2. The van der Waals surface area contributed by atoms with Gasteiger partial charge in [-0.25, -0.2) is 4.98 Å². The molecule has 0 unspecified atom stereocenters. The van der Waals surface area contributed by atoms with E-state index in [0.29, 0.717) is 24.8 Å². The molecule has 9 heteroatoms. The summed E-state index contributed by atoms with van der Waals surface area (Å²) in [7, 11) is 0. The Morgan fingerprint density at radius 1 is 1.16 bits per heavy atom. The van der Waals surface area contributed by atoms with E-state index in [1.165, 1.54) is 25.0 Å². The van der Waals surface area contributed by atoms with Crippen LogP contribution in [0, 0.1) is 10.1 Å². The number of benzene rings is 1. The standard InChI is InChI=1S/C16H17N7O2/c24-23(25)13-5-3-12(4-6-13)17-7-8-18-14-16-21-20-15(11-1-2-11)22(16)10-9-19-14/h3-6,9-11,17H,1-2,7-8H2,(H,18,19). The number of nitro benzene ring substituents is 1. The van der Waals surface area contributed by atoms with Gasteiger partial charge < -0.3 is 10.6 Å². The van der Waals surface area contributed by atoms with Crippen molar-refractivity contribution in [2.24, 2.45) is 0 Å². The summed E-state index contributed by atoms with van der Waals surface area (Å²) >= 11 is 0. The predicted molar refractivity (Wildman–Crippen MR) is 92.8 cm³/mol. The fraction of sp³-hybridized carbons (Fsp3) is 0.312. The molecule has 4 rings (SSSR count). The minimum atomic E-state index is -0.411. The summed E-state index contributed by atoms with van der Waals surface area (Å²) < 4.78 is 2.00. The molecule has 2 N–H and O–H groups in total. The molecule has 1 fully saturated rings. The summed E-state index contributed by atoms with van der Waals surface area (Å²) in [6.45, 7) is 1.28. The molecule has 2 aromatic heterocycles. The van der Waals surface area contributed by atoms with Gasteiger partial charge in [-0.2, -0.15) is 0 Å². The maximum absolute atomic E-state index is 10.6. The second kappa shape index (κ2) is 6.34. The Morgan fingerprint density at radius 2 is 1.92 bits per heavy atom. The van der Waals surface area contributed by atoms with Gasteiger partial charge >= 0.3 is 0 Å². The lowest BCUT2D eigenvalue weighted by molar-refractivity contribution is -0.384. The van der Waals surface area contributed by atoms with Crippen molar-refractivity contribution in [3.05, 3.63) is 52.6 Å². The third kappa shape index (κ3) is 3.21. The Kier molecular flexibility index (Phi) is 3.88. The van der Waals surface area contributed by atoms with Crippen LogP contribution in [0.25, 0.3) is 5.65 Å². The number of aromatic nitrogens is 4. The van der Waals surface area contributed by atoms with Crippen LogP contribution in [0.5, 0.6) is 0 Å². The number of non-ortho nitro benzene ring substituents is 1. The monoisotopic (exact) mass is 339 g/mol. The third-order valence-corrected chi connectivity index (χ3v) is 4.12. The largest absolute Gasteiger partial charge is 0.383 e. The lowest BCUT2D eigenvalue weighted by Gasteiger charge is -2.09. The van der Waals surface area contributed by atoms with Gasteiger partial charge in [-0.15, -0.1) is 10.2 Å². The Hall–Kier alpha value is -3.23. The predicted octanol–water partition coefficient (Wildman–Crippen LogP) is 2.43. The molecular weight excluding hydrogens is 322 g/mol. The molecule has 0 saturated heterocycles. The fourth-order valence-corrected chi connectivity index (χ4v) is 2.68. The zero-order chi connectivity index (χ0) is 17.2. The van der Waals surface area contributed by atoms with Crippen LogP contribution in [0.3, 0.4) is 0 Å². The maximum atomic E-state index is 10.6. The summed E-state index contributed by atoms with van der Waals surface area (Å²) in [5.74, 6) is 2.23. The number of anilines is 2. The Morgan fingerprint density at radius 3 is 2.64 bits per heavy atom. The molecule has 25 heavy (non-hydrogen) atoms. The van der Waals surface area contributed by atoms with E-state index in [0.717, 1.165) is 17.2 Å². The number of fused-ring (bicyclic) bond motifs is 1. The smallest absolute Gasteiger partial charge is 0.269 e. The van der Waals surface area contributed by atoms with Crippen LogP contribution in [-0.4, -0.2) is 37.6 Å². The number of nitrogens with one attached hydrogen (secondary N) is 2. The summed E-state index contributed by atoms with van der Waals surface area (Å²) in [4.78, 5) is 14.6. The first-order valence-electron chi connectivity index (χ1n) is 8.14. The van der Waals surface area contributed by atoms with Gasteiger partial charge in [0.25, 0.3) is 5.69 Å². The summed E-state index contributed by atoms with van der Waals surface area (Å²) in [5, 5.41) is 25.6. The molecule has 9 nitrogen and oxygen atoms in total. The first kappa shape index (κ1) is 15.3. The normalized spacial score (nSPS) is 13.8. The Labute approximate surface area is 143 Å². The molecule has 0 atom stereocenters. The zero-order valence-corrected chi connectivity index (χ0v) is 13.4. The second-order valence-corrected chi connectivity index (χ2v) is 5.96. The van der Waals surface area contributed by atoms with Crippen molar-refractivity contribution in [3.8, 4) is 0 Å². The summed E-state index contributed by atoms with van der Waals surface area (Å²) in [6.07, 6.45) is 5.98. The van der Waals surface area contributed by atoms with Crippen LogP contribution >= 0.6 is 0 Å². The van der Waals surface area contributed by atoms with Gasteiger partial charge in [0.1, 0.15) is 5.82 Å². The fourth-order valence-electron chi connectivity index (χ4n) is 2.68. The molecule has 128 valence electrons. The van der Waals surface area contributed by atoms with Crippen molar-refractivity contribution >= 4 is 22.8 Å². The Bertz CT molecular complexity index is 902. The molecule has 3 aromatic rings. The SMILES string of the molecule is O=[N+]([O-])c1ccc(NCCNc2nccn3c(C4CC4)nnc23)cc1. The molecule has 0 spiro atoms. The van der Waals surface area contributed by atoms with Crippen LogP contribution in [0.2, 0.25) is 0 Å². The number of rotatable bonds is 7. The van der Waals surface area contributed by atoms with Crippen LogP contribution in [0.4, 0.5) is 17.2 Å². The molecule has 0 bridgehead atoms. The minimum Gasteiger partial charge on any atom is -0.383 e. The highest BCUT2D eigenvalue weighted by molar-refractivity contribution is 5.62. The lowest BCUT2D eigenvalue weighted by atomic mass is 10.3. The van der Waals surface area contributed by atoms with Crippen LogP contribution in [-0.2, 0) is 0 Å². The van der Waals surface area contributed by atoms with Crippen molar-refractivity contribution in [2.75, 3.05) is 23.7 Å². The highest BCUT2D eigenvalue weighted by Gasteiger charge is 2.29. The summed E-state index contributed by atoms with van der Waals surface area (Å²) in [5.41, 5.74) is 1.65. The lowest BCUT2D eigenvalue weighted by Crippen LogP contribution is -2.15. The number of hydrogen-bond acceptors (Lipinski definition) is 7.